The third kappa shape index (κ3) is 4.11. The Morgan fingerprint density at radius 3 is 2.50 bits per heavy atom. The second kappa shape index (κ2) is 7.98. The Labute approximate surface area is 161 Å². The van der Waals surface area contributed by atoms with Gasteiger partial charge in [-0.2, -0.15) is 0 Å². The van der Waals surface area contributed by atoms with Crippen LogP contribution in [-0.2, 0) is 16.1 Å². The van der Waals surface area contributed by atoms with Crippen LogP contribution in [-0.4, -0.2) is 35.2 Å². The Balaban J connectivity index is 1.72. The van der Waals surface area contributed by atoms with Crippen LogP contribution in [0, 0.1) is 5.92 Å². The van der Waals surface area contributed by atoms with Crippen LogP contribution in [0.25, 0.3) is 0 Å². The van der Waals surface area contributed by atoms with Gasteiger partial charge in [0, 0.05) is 29.1 Å². The van der Waals surface area contributed by atoms with Crippen LogP contribution in [0.1, 0.15) is 17.0 Å². The minimum absolute atomic E-state index is 0.0760. The number of halogens is 2. The Morgan fingerprint density at radius 1 is 1.12 bits per heavy atom. The van der Waals surface area contributed by atoms with Crippen molar-refractivity contribution in [2.45, 2.75) is 12.5 Å². The molecule has 2 atom stereocenters. The largest absolute Gasteiger partial charge is 0.481 e. The maximum Gasteiger partial charge on any atom is 0.410 e. The lowest BCUT2D eigenvalue weighted by atomic mass is 9.89. The molecule has 1 saturated heterocycles. The minimum Gasteiger partial charge on any atom is -0.481 e. The summed E-state index contributed by atoms with van der Waals surface area (Å²) in [4.78, 5) is 25.4. The Bertz CT molecular complexity index is 812. The van der Waals surface area contributed by atoms with E-state index in [0.717, 1.165) is 5.56 Å². The predicted molar refractivity (Wildman–Crippen MR) is 98.5 cm³/mol. The van der Waals surface area contributed by atoms with E-state index in [2.05, 4.69) is 0 Å². The zero-order valence-electron chi connectivity index (χ0n) is 13.8. The lowest BCUT2D eigenvalue weighted by Gasteiger charge is -2.17. The predicted octanol–water partition coefficient (Wildman–Crippen LogP) is 4.43. The molecule has 26 heavy (non-hydrogen) atoms. The number of amides is 1. The van der Waals surface area contributed by atoms with Gasteiger partial charge in [0.15, 0.2) is 0 Å². The number of hydrogen-bond acceptors (Lipinski definition) is 3. The number of nitrogens with zero attached hydrogens (tertiary/aromatic N) is 1. The van der Waals surface area contributed by atoms with E-state index in [1.54, 1.807) is 18.2 Å². The molecule has 5 nitrogen and oxygen atoms in total. The molecule has 1 heterocycles. The highest BCUT2D eigenvalue weighted by Crippen LogP contribution is 2.37. The average Bonchev–Trinajstić information content (AvgIpc) is 3.06. The molecule has 0 radical (unpaired) electrons. The van der Waals surface area contributed by atoms with Crippen LogP contribution in [0.3, 0.4) is 0 Å². The standard InChI is InChI=1S/C19H17Cl2NO4/c20-13-6-7-14(17(21)8-13)15-9-22(10-16(15)18(23)24)19(25)26-11-12-4-2-1-3-5-12/h1-8,15-16H,9-11H2,(H,23,24)/t15-,16-/m0/s1. The molecule has 0 aliphatic carbocycles. The van der Waals surface area contributed by atoms with E-state index in [0.29, 0.717) is 15.6 Å². The smallest absolute Gasteiger partial charge is 0.410 e. The van der Waals surface area contributed by atoms with E-state index in [1.165, 1.54) is 4.90 Å². The number of rotatable bonds is 4. The fraction of sp³-hybridized carbons (Fsp3) is 0.263. The number of carboxylic acid groups (broad SMARTS) is 1. The number of ether oxygens (including phenoxy) is 1. The first-order valence-corrected chi connectivity index (χ1v) is 8.84. The van der Waals surface area contributed by atoms with Crippen LogP contribution < -0.4 is 0 Å². The summed E-state index contributed by atoms with van der Waals surface area (Å²) in [6.07, 6.45) is -0.535. The first kappa shape index (κ1) is 18.5. The van der Waals surface area contributed by atoms with E-state index in [4.69, 9.17) is 27.9 Å². The minimum atomic E-state index is -0.973. The Kier molecular flexibility index (Phi) is 5.69. The summed E-state index contributed by atoms with van der Waals surface area (Å²) in [5.41, 5.74) is 1.54. The molecule has 1 aliphatic rings. The topological polar surface area (TPSA) is 66.8 Å². The summed E-state index contributed by atoms with van der Waals surface area (Å²) in [7, 11) is 0. The summed E-state index contributed by atoms with van der Waals surface area (Å²) in [5.74, 6) is -2.14. The van der Waals surface area contributed by atoms with Crippen LogP contribution in [0.5, 0.6) is 0 Å². The first-order chi connectivity index (χ1) is 12.5. The molecule has 0 unspecified atom stereocenters. The van der Waals surface area contributed by atoms with E-state index >= 15 is 0 Å². The van der Waals surface area contributed by atoms with Gasteiger partial charge in [0.2, 0.25) is 0 Å². The monoisotopic (exact) mass is 393 g/mol. The maximum absolute atomic E-state index is 12.4. The molecular weight excluding hydrogens is 377 g/mol. The molecule has 0 aromatic heterocycles. The van der Waals surface area contributed by atoms with Crippen molar-refractivity contribution in [3.8, 4) is 0 Å². The van der Waals surface area contributed by atoms with Crippen molar-refractivity contribution < 1.29 is 19.4 Å². The summed E-state index contributed by atoms with van der Waals surface area (Å²) in [6.45, 7) is 0.443. The van der Waals surface area contributed by atoms with E-state index < -0.39 is 23.9 Å². The van der Waals surface area contributed by atoms with Crippen molar-refractivity contribution in [3.05, 3.63) is 69.7 Å². The van der Waals surface area contributed by atoms with Crippen LogP contribution in [0.4, 0.5) is 4.79 Å². The van der Waals surface area contributed by atoms with Crippen molar-refractivity contribution in [2.24, 2.45) is 5.92 Å². The van der Waals surface area contributed by atoms with Crippen molar-refractivity contribution in [1.29, 1.82) is 0 Å². The third-order valence-electron chi connectivity index (χ3n) is 4.46. The van der Waals surface area contributed by atoms with E-state index in [-0.39, 0.29) is 19.7 Å². The van der Waals surface area contributed by atoms with Crippen molar-refractivity contribution >= 4 is 35.3 Å². The van der Waals surface area contributed by atoms with E-state index in [9.17, 15) is 14.7 Å². The number of carbonyl (C=O) groups excluding carboxylic acids is 1. The molecular formula is C19H17Cl2NO4. The fourth-order valence-corrected chi connectivity index (χ4v) is 3.68. The highest BCUT2D eigenvalue weighted by atomic mass is 35.5. The quantitative estimate of drug-likeness (QED) is 0.833. The number of carboxylic acids is 1. The number of aliphatic carboxylic acids is 1. The summed E-state index contributed by atoms with van der Waals surface area (Å²) < 4.78 is 5.31. The normalized spacial score (nSPS) is 19.4. The van der Waals surface area contributed by atoms with Crippen LogP contribution in [0.2, 0.25) is 10.0 Å². The Hall–Kier alpha value is -2.24. The van der Waals surface area contributed by atoms with Gasteiger partial charge in [-0.25, -0.2) is 4.79 Å². The SMILES string of the molecule is O=C(O)[C@H]1CN(C(=O)OCc2ccccc2)C[C@H]1c1ccc(Cl)cc1Cl. The summed E-state index contributed by atoms with van der Waals surface area (Å²) in [5, 5.41) is 10.4. The zero-order valence-corrected chi connectivity index (χ0v) is 15.3. The molecule has 1 amide bonds. The molecule has 0 saturated carbocycles. The highest BCUT2D eigenvalue weighted by Gasteiger charge is 2.41. The molecule has 2 aromatic rings. The zero-order chi connectivity index (χ0) is 18.7. The van der Waals surface area contributed by atoms with Gasteiger partial charge in [-0.05, 0) is 23.3 Å². The van der Waals surface area contributed by atoms with Gasteiger partial charge >= 0.3 is 12.1 Å². The van der Waals surface area contributed by atoms with Gasteiger partial charge < -0.3 is 14.7 Å². The van der Waals surface area contributed by atoms with Gasteiger partial charge in [-0.3, -0.25) is 4.79 Å². The molecule has 1 N–H and O–H groups in total. The molecule has 1 fully saturated rings. The summed E-state index contributed by atoms with van der Waals surface area (Å²) >= 11 is 12.2. The average molecular weight is 394 g/mol. The lowest BCUT2D eigenvalue weighted by Crippen LogP contribution is -2.30. The lowest BCUT2D eigenvalue weighted by molar-refractivity contribution is -0.141. The highest BCUT2D eigenvalue weighted by molar-refractivity contribution is 6.35. The molecule has 3 rings (SSSR count). The molecule has 0 bridgehead atoms. The first-order valence-electron chi connectivity index (χ1n) is 8.09. The summed E-state index contributed by atoms with van der Waals surface area (Å²) in [6, 6.07) is 14.3. The molecule has 2 aromatic carbocycles. The number of hydrogen-bond donors (Lipinski definition) is 1. The maximum atomic E-state index is 12.4. The second-order valence-electron chi connectivity index (χ2n) is 6.16. The van der Waals surface area contributed by atoms with Gasteiger partial charge in [0.05, 0.1) is 5.92 Å². The van der Waals surface area contributed by atoms with Crippen LogP contribution in [0.15, 0.2) is 48.5 Å². The number of benzene rings is 2. The number of carbonyl (C=O) groups is 2. The third-order valence-corrected chi connectivity index (χ3v) is 5.02. The molecule has 136 valence electrons. The molecule has 7 heteroatoms. The number of likely N-dealkylation sites (tertiary alicyclic amines) is 1. The van der Waals surface area contributed by atoms with E-state index in [1.807, 2.05) is 30.3 Å². The fourth-order valence-electron chi connectivity index (χ4n) is 3.13. The van der Waals surface area contributed by atoms with Gasteiger partial charge in [0.1, 0.15) is 6.61 Å². The molecule has 0 spiro atoms. The Morgan fingerprint density at radius 2 is 1.85 bits per heavy atom. The van der Waals surface area contributed by atoms with Crippen molar-refractivity contribution in [3.63, 3.8) is 0 Å². The van der Waals surface area contributed by atoms with Gasteiger partial charge in [-0.1, -0.05) is 59.6 Å². The molecule has 1 aliphatic heterocycles. The van der Waals surface area contributed by atoms with Gasteiger partial charge in [0.25, 0.3) is 0 Å². The van der Waals surface area contributed by atoms with Gasteiger partial charge in [-0.15, -0.1) is 0 Å². The second-order valence-corrected chi connectivity index (χ2v) is 7.01. The van der Waals surface area contributed by atoms with Crippen molar-refractivity contribution in [2.75, 3.05) is 13.1 Å². The van der Waals surface area contributed by atoms with Crippen LogP contribution >= 0.6 is 23.2 Å². The van der Waals surface area contributed by atoms with Crippen molar-refractivity contribution in [1.82, 2.24) is 4.90 Å².